The average molecular weight is 358 g/mol. The Bertz CT molecular complexity index is 653. The van der Waals surface area contributed by atoms with Crippen LogP contribution >= 0.6 is 0 Å². The summed E-state index contributed by atoms with van der Waals surface area (Å²) in [6.07, 6.45) is 0.327. The number of hydrogen-bond donors (Lipinski definition) is 4. The first-order valence-electron chi connectivity index (χ1n) is 7.22. The molecule has 0 bridgehead atoms. The molecule has 1 fully saturated rings. The minimum atomic E-state index is -1.25. The summed E-state index contributed by atoms with van der Waals surface area (Å²) in [5.41, 5.74) is 8.14. The van der Waals surface area contributed by atoms with E-state index in [0.29, 0.717) is 12.1 Å². The molecule has 0 saturated carbocycles. The summed E-state index contributed by atoms with van der Waals surface area (Å²) in [4.78, 5) is 12.1. The summed E-state index contributed by atoms with van der Waals surface area (Å²) in [5.74, 6) is -0.0340. The van der Waals surface area contributed by atoms with Gasteiger partial charge in [-0.25, -0.2) is 0 Å². The van der Waals surface area contributed by atoms with E-state index in [0.717, 1.165) is 24.3 Å². The molecular formula is C16H19AsN4O. The van der Waals surface area contributed by atoms with E-state index in [2.05, 4.69) is 25.9 Å². The molecule has 1 saturated heterocycles. The number of nitrogens with one attached hydrogen (secondary N) is 3. The number of nitrogens with two attached hydrogens (primary N) is 1. The molecule has 0 unspecified atom stereocenters. The number of anilines is 2. The average Bonchev–Trinajstić information content (AvgIpc) is 3.02. The van der Waals surface area contributed by atoms with Crippen LogP contribution in [0.25, 0.3) is 0 Å². The van der Waals surface area contributed by atoms with Crippen molar-refractivity contribution in [2.45, 2.75) is 6.42 Å². The van der Waals surface area contributed by atoms with Crippen molar-refractivity contribution >= 4 is 36.7 Å². The molecule has 3 rings (SSSR count). The summed E-state index contributed by atoms with van der Waals surface area (Å²) >= 11 is -1.25. The van der Waals surface area contributed by atoms with Gasteiger partial charge in [0.05, 0.1) is 0 Å². The second-order valence-corrected chi connectivity index (χ2v) is 8.99. The summed E-state index contributed by atoms with van der Waals surface area (Å²) in [6, 6.07) is 15.5. The zero-order valence-corrected chi connectivity index (χ0v) is 14.0. The van der Waals surface area contributed by atoms with Crippen molar-refractivity contribution < 1.29 is 4.79 Å². The molecule has 0 spiro atoms. The SMILES string of the molecule is Nc1cccc(CC(=O)Nc2ccc([As]3NCCN3)cc2)c1. The van der Waals surface area contributed by atoms with Crippen LogP contribution in [0.2, 0.25) is 0 Å². The summed E-state index contributed by atoms with van der Waals surface area (Å²) in [5, 5.41) is 2.92. The summed E-state index contributed by atoms with van der Waals surface area (Å²) in [7, 11) is 0. The maximum atomic E-state index is 12.1. The van der Waals surface area contributed by atoms with Gasteiger partial charge in [-0.05, 0) is 0 Å². The summed E-state index contributed by atoms with van der Waals surface area (Å²) in [6.45, 7) is 2.08. The monoisotopic (exact) mass is 358 g/mol. The molecule has 6 heteroatoms. The molecule has 0 atom stereocenters. The van der Waals surface area contributed by atoms with Gasteiger partial charge in [0.25, 0.3) is 0 Å². The Balaban J connectivity index is 1.59. The van der Waals surface area contributed by atoms with Crippen molar-refractivity contribution in [3.8, 4) is 0 Å². The van der Waals surface area contributed by atoms with E-state index in [1.54, 1.807) is 0 Å². The molecule has 2 aromatic carbocycles. The Morgan fingerprint density at radius 2 is 1.86 bits per heavy atom. The normalized spacial score (nSPS) is 14.9. The first kappa shape index (κ1) is 15.1. The standard InChI is InChI=1S/C16H19AsN4O/c18-14-3-1-2-12(10-14)11-16(22)21-15-6-4-13(5-7-15)17-19-8-9-20-17/h1-7,10,19-20H,8-9,11,18H2,(H,21,22). The first-order chi connectivity index (χ1) is 10.7. The van der Waals surface area contributed by atoms with Crippen LogP contribution in [0.1, 0.15) is 5.56 Å². The molecule has 5 N–H and O–H groups in total. The third kappa shape index (κ3) is 3.89. The number of amides is 1. The van der Waals surface area contributed by atoms with Gasteiger partial charge in [-0.2, -0.15) is 0 Å². The number of rotatable bonds is 4. The van der Waals surface area contributed by atoms with Gasteiger partial charge in [0.15, 0.2) is 0 Å². The topological polar surface area (TPSA) is 79.2 Å². The number of benzene rings is 2. The molecule has 2 aromatic rings. The third-order valence-corrected chi connectivity index (χ3v) is 7.36. The van der Waals surface area contributed by atoms with E-state index in [1.165, 1.54) is 4.35 Å². The van der Waals surface area contributed by atoms with Crippen LogP contribution < -0.4 is 23.9 Å². The van der Waals surface area contributed by atoms with Crippen LogP contribution in [0.5, 0.6) is 0 Å². The van der Waals surface area contributed by atoms with Crippen LogP contribution in [-0.2, 0) is 11.2 Å². The molecule has 114 valence electrons. The molecule has 0 aliphatic carbocycles. The fourth-order valence-corrected chi connectivity index (χ4v) is 5.71. The van der Waals surface area contributed by atoms with Gasteiger partial charge in [0.1, 0.15) is 0 Å². The number of carbonyl (C=O) groups excluding carboxylic acids is 1. The van der Waals surface area contributed by atoms with Crippen molar-refractivity contribution in [1.29, 1.82) is 0 Å². The second kappa shape index (κ2) is 6.97. The third-order valence-electron chi connectivity index (χ3n) is 3.39. The summed E-state index contributed by atoms with van der Waals surface area (Å²) < 4.78 is 8.33. The van der Waals surface area contributed by atoms with Crippen LogP contribution in [0.4, 0.5) is 11.4 Å². The van der Waals surface area contributed by atoms with Gasteiger partial charge in [0.2, 0.25) is 0 Å². The Morgan fingerprint density at radius 1 is 1.14 bits per heavy atom. The number of hydrogen-bond acceptors (Lipinski definition) is 4. The Morgan fingerprint density at radius 3 is 2.55 bits per heavy atom. The molecule has 1 amide bonds. The molecule has 1 aliphatic heterocycles. The molecule has 0 radical (unpaired) electrons. The molecule has 22 heavy (non-hydrogen) atoms. The second-order valence-electron chi connectivity index (χ2n) is 5.17. The molecule has 5 nitrogen and oxygen atoms in total. The van der Waals surface area contributed by atoms with Gasteiger partial charge in [-0.15, -0.1) is 0 Å². The van der Waals surface area contributed by atoms with E-state index in [9.17, 15) is 4.79 Å². The van der Waals surface area contributed by atoms with Crippen molar-refractivity contribution in [3.63, 3.8) is 0 Å². The van der Waals surface area contributed by atoms with E-state index in [-0.39, 0.29) is 5.91 Å². The fourth-order valence-electron chi connectivity index (χ4n) is 2.36. The van der Waals surface area contributed by atoms with Crippen LogP contribution in [0.3, 0.4) is 0 Å². The quantitative estimate of drug-likeness (QED) is 0.470. The van der Waals surface area contributed by atoms with Gasteiger partial charge in [0, 0.05) is 0 Å². The van der Waals surface area contributed by atoms with Gasteiger partial charge in [-0.1, -0.05) is 0 Å². The van der Waals surface area contributed by atoms with Crippen LogP contribution in [0, 0.1) is 0 Å². The predicted molar refractivity (Wildman–Crippen MR) is 91.0 cm³/mol. The molecular weight excluding hydrogens is 339 g/mol. The molecule has 0 aromatic heterocycles. The van der Waals surface area contributed by atoms with Crippen molar-refractivity contribution in [2.24, 2.45) is 0 Å². The van der Waals surface area contributed by atoms with Crippen LogP contribution in [-0.4, -0.2) is 34.1 Å². The van der Waals surface area contributed by atoms with Crippen molar-refractivity contribution in [2.75, 3.05) is 24.1 Å². The fraction of sp³-hybridized carbons (Fsp3) is 0.188. The van der Waals surface area contributed by atoms with Gasteiger partial charge in [-0.3, -0.25) is 0 Å². The molecule has 1 heterocycles. The number of nitrogen functional groups attached to an aromatic ring is 1. The zero-order valence-electron chi connectivity index (χ0n) is 12.2. The van der Waals surface area contributed by atoms with Crippen molar-refractivity contribution in [1.82, 2.24) is 8.47 Å². The minimum absolute atomic E-state index is 0.0340. The van der Waals surface area contributed by atoms with Crippen LogP contribution in [0.15, 0.2) is 48.5 Å². The molecule has 1 aliphatic rings. The number of carbonyl (C=O) groups is 1. The Kier molecular flexibility index (Phi) is 4.78. The maximum absolute atomic E-state index is 12.1. The van der Waals surface area contributed by atoms with Crippen molar-refractivity contribution in [3.05, 3.63) is 54.1 Å². The van der Waals surface area contributed by atoms with E-state index < -0.39 is 15.1 Å². The van der Waals surface area contributed by atoms with E-state index in [4.69, 9.17) is 5.73 Å². The first-order valence-corrected chi connectivity index (χ1v) is 10.0. The van der Waals surface area contributed by atoms with E-state index >= 15 is 0 Å². The Labute approximate surface area is 135 Å². The van der Waals surface area contributed by atoms with E-state index in [1.807, 2.05) is 36.4 Å². The zero-order chi connectivity index (χ0) is 15.4. The van der Waals surface area contributed by atoms with Gasteiger partial charge >= 0.3 is 135 Å². The Hall–Kier alpha value is -1.81. The predicted octanol–water partition coefficient (Wildman–Crippen LogP) is 0.338. The van der Waals surface area contributed by atoms with Gasteiger partial charge < -0.3 is 0 Å².